The first-order chi connectivity index (χ1) is 21.5. The number of halogens is 1. The fraction of sp³-hybridized carbons (Fsp3) is 0.543. The number of fused-ring (bicyclic) bond motifs is 4. The molecule has 3 fully saturated rings. The fourth-order valence-electron chi connectivity index (χ4n) is 9.39. The summed E-state index contributed by atoms with van der Waals surface area (Å²) in [6, 6.07) is 7.52. The number of esters is 1. The van der Waals surface area contributed by atoms with Crippen molar-refractivity contribution in [1.29, 1.82) is 0 Å². The number of benzene rings is 1. The topological polar surface area (TPSA) is 127 Å². The molecule has 1 heterocycles. The summed E-state index contributed by atoms with van der Waals surface area (Å²) in [5, 5.41) is 10.3. The number of carbonyl (C=O) groups is 4. The molecule has 0 spiro atoms. The Kier molecular flexibility index (Phi) is 8.13. The molecule has 0 saturated heterocycles. The molecule has 45 heavy (non-hydrogen) atoms. The molecule has 4 aliphatic rings. The molecule has 10 heteroatoms. The lowest BCUT2D eigenvalue weighted by atomic mass is 9.48. The van der Waals surface area contributed by atoms with Crippen LogP contribution in [-0.2, 0) is 23.9 Å². The molecule has 2 N–H and O–H groups in total. The summed E-state index contributed by atoms with van der Waals surface area (Å²) in [6.45, 7) is 8.13. The van der Waals surface area contributed by atoms with E-state index in [4.69, 9.17) is 16.3 Å². The number of hydrogen-bond acceptors (Lipinski definition) is 8. The van der Waals surface area contributed by atoms with Crippen LogP contribution in [0.3, 0.4) is 0 Å². The smallest absolute Gasteiger partial charge is 0.307 e. The van der Waals surface area contributed by atoms with Gasteiger partial charge in [-0.25, -0.2) is 0 Å². The van der Waals surface area contributed by atoms with E-state index in [0.29, 0.717) is 29.1 Å². The fourth-order valence-corrected chi connectivity index (χ4v) is 9.80. The molecule has 6 rings (SSSR count). The Morgan fingerprint density at radius 3 is 2.53 bits per heavy atom. The largest absolute Gasteiger partial charge is 0.450 e. The van der Waals surface area contributed by atoms with Crippen LogP contribution in [0.1, 0.15) is 72.6 Å². The zero-order valence-electron chi connectivity index (χ0n) is 26.3. The molecular formula is C35H41ClN4O5. The van der Waals surface area contributed by atoms with Gasteiger partial charge < -0.3 is 4.74 Å². The number of Topliss-reactive ketones (excluding diaryl/α,β-unsaturated/α-hetero) is 1. The highest BCUT2D eigenvalue weighted by atomic mass is 35.5. The van der Waals surface area contributed by atoms with Gasteiger partial charge in [0, 0.05) is 33.1 Å². The van der Waals surface area contributed by atoms with E-state index in [9.17, 15) is 19.2 Å². The van der Waals surface area contributed by atoms with E-state index in [1.165, 1.54) is 6.92 Å². The quantitative estimate of drug-likeness (QED) is 0.147. The van der Waals surface area contributed by atoms with E-state index in [1.54, 1.807) is 12.3 Å². The summed E-state index contributed by atoms with van der Waals surface area (Å²) in [5.74, 6) is 0.741. The molecule has 2 aromatic rings. The Balaban J connectivity index is 1.16. The molecule has 8 atom stereocenters. The van der Waals surface area contributed by atoms with Crippen molar-refractivity contribution in [3.8, 4) is 0 Å². The Morgan fingerprint density at radius 1 is 1.09 bits per heavy atom. The third-order valence-corrected chi connectivity index (χ3v) is 12.1. The maximum Gasteiger partial charge on any atom is 0.307 e. The van der Waals surface area contributed by atoms with Gasteiger partial charge in [-0.05, 0) is 80.3 Å². The van der Waals surface area contributed by atoms with Gasteiger partial charge in [-0.1, -0.05) is 62.7 Å². The van der Waals surface area contributed by atoms with Crippen LogP contribution in [0, 0.1) is 40.4 Å². The molecule has 1 aromatic heterocycles. The van der Waals surface area contributed by atoms with Gasteiger partial charge >= 0.3 is 5.97 Å². The molecule has 1 amide bonds. The molecule has 9 nitrogen and oxygen atoms in total. The second-order valence-corrected chi connectivity index (χ2v) is 14.3. The summed E-state index contributed by atoms with van der Waals surface area (Å²) in [5.41, 5.74) is 4.24. The first kappa shape index (κ1) is 31.4. The van der Waals surface area contributed by atoms with Crippen LogP contribution in [0.2, 0.25) is 0 Å². The van der Waals surface area contributed by atoms with E-state index in [2.05, 4.69) is 47.9 Å². The van der Waals surface area contributed by atoms with Crippen molar-refractivity contribution in [2.24, 2.45) is 40.4 Å². The van der Waals surface area contributed by atoms with Gasteiger partial charge in [0.1, 0.15) is 6.29 Å². The van der Waals surface area contributed by atoms with Gasteiger partial charge in [0.05, 0.1) is 12.6 Å². The SMILES string of the molecule is CC(=O)[C@@]1(OC(=O)CCC(=O)NNc2nncc3ccccc23)CCC2C3C=C(Cl)/C(=C/C=O)C(C)([C@H]4CC4C)C3CCC21C. The lowest BCUT2D eigenvalue weighted by Crippen LogP contribution is -2.58. The monoisotopic (exact) mass is 632 g/mol. The average molecular weight is 633 g/mol. The summed E-state index contributed by atoms with van der Waals surface area (Å²) in [6.07, 6.45) is 9.77. The normalized spacial score (nSPS) is 36.0. The number of anilines is 1. The van der Waals surface area contributed by atoms with Crippen LogP contribution >= 0.6 is 11.6 Å². The van der Waals surface area contributed by atoms with Crippen LogP contribution in [0.15, 0.2) is 53.2 Å². The number of nitrogens with zero attached hydrogens (tertiary/aromatic N) is 2. The van der Waals surface area contributed by atoms with Crippen LogP contribution in [-0.4, -0.2) is 39.7 Å². The first-order valence-corrected chi connectivity index (χ1v) is 16.4. The van der Waals surface area contributed by atoms with E-state index >= 15 is 0 Å². The number of aromatic nitrogens is 2. The minimum Gasteiger partial charge on any atom is -0.450 e. The standard InChI is InChI=1S/C35H41ClN4O5/c1-20-17-28(20)34(4)26-11-14-33(3)25(24(26)18-29(36)27(34)13-16-41)12-15-35(33,21(2)42)45-31(44)10-9-30(43)38-40-32-23-8-6-5-7-22(23)19-37-39-32/h5-8,13,16,18-20,24-26,28H,9-12,14-15,17H2,1-4H3,(H,38,43)(H,39,40)/b27-13-/t20?,24?,25?,26?,28-,33?,34?,35-/m0/s1. The summed E-state index contributed by atoms with van der Waals surface area (Å²) < 4.78 is 6.18. The van der Waals surface area contributed by atoms with Gasteiger partial charge in [-0.2, -0.15) is 5.10 Å². The van der Waals surface area contributed by atoms with Crippen molar-refractivity contribution in [1.82, 2.24) is 15.6 Å². The second kappa shape index (κ2) is 11.6. The Labute approximate surface area is 268 Å². The van der Waals surface area contributed by atoms with Crippen LogP contribution in [0.4, 0.5) is 5.82 Å². The highest BCUT2D eigenvalue weighted by Crippen LogP contribution is 2.71. The van der Waals surface area contributed by atoms with Crippen molar-refractivity contribution >= 4 is 52.1 Å². The predicted octanol–water partition coefficient (Wildman–Crippen LogP) is 6.09. The lowest BCUT2D eigenvalue weighted by Gasteiger charge is -2.57. The van der Waals surface area contributed by atoms with Gasteiger partial charge in [-0.15, -0.1) is 5.10 Å². The third-order valence-electron chi connectivity index (χ3n) is 11.8. The molecule has 0 radical (unpaired) electrons. The Bertz CT molecular complexity index is 1620. The van der Waals surface area contributed by atoms with Crippen molar-refractivity contribution in [3.63, 3.8) is 0 Å². The average Bonchev–Trinajstić information content (AvgIpc) is 3.68. The van der Waals surface area contributed by atoms with Gasteiger partial charge in [0.15, 0.2) is 17.2 Å². The minimum absolute atomic E-state index is 0.0853. The number of amides is 1. The number of ether oxygens (including phenoxy) is 1. The number of aldehydes is 1. The van der Waals surface area contributed by atoms with Crippen LogP contribution in [0.25, 0.3) is 10.8 Å². The Morgan fingerprint density at radius 2 is 1.82 bits per heavy atom. The lowest BCUT2D eigenvalue weighted by molar-refractivity contribution is -0.187. The summed E-state index contributed by atoms with van der Waals surface area (Å²) >= 11 is 6.93. The van der Waals surface area contributed by atoms with Crippen molar-refractivity contribution < 1.29 is 23.9 Å². The molecule has 0 bridgehead atoms. The zero-order chi connectivity index (χ0) is 32.1. The first-order valence-electron chi connectivity index (χ1n) is 16.0. The van der Waals surface area contributed by atoms with Crippen LogP contribution in [0.5, 0.6) is 0 Å². The number of rotatable bonds is 9. The molecular weight excluding hydrogens is 592 g/mol. The summed E-state index contributed by atoms with van der Waals surface area (Å²) in [4.78, 5) is 51.1. The van der Waals surface area contributed by atoms with Crippen molar-refractivity contribution in [3.05, 3.63) is 53.2 Å². The minimum atomic E-state index is -1.27. The third kappa shape index (κ3) is 5.07. The predicted molar refractivity (Wildman–Crippen MR) is 171 cm³/mol. The van der Waals surface area contributed by atoms with Crippen molar-refractivity contribution in [2.45, 2.75) is 78.2 Å². The Hall–Kier alpha value is -3.59. The number of ketones is 1. The van der Waals surface area contributed by atoms with E-state index in [-0.39, 0.29) is 41.8 Å². The number of nitrogens with one attached hydrogen (secondary N) is 2. The number of hydrogen-bond donors (Lipinski definition) is 2. The van der Waals surface area contributed by atoms with Gasteiger partial charge in [-0.3, -0.25) is 30.0 Å². The number of allylic oxidation sites excluding steroid dienone is 4. The second-order valence-electron chi connectivity index (χ2n) is 13.9. The van der Waals surface area contributed by atoms with Crippen molar-refractivity contribution in [2.75, 3.05) is 5.43 Å². The molecule has 0 aliphatic heterocycles. The number of hydrazine groups is 1. The highest BCUT2D eigenvalue weighted by molar-refractivity contribution is 6.32. The number of carbonyl (C=O) groups excluding carboxylic acids is 4. The van der Waals surface area contributed by atoms with E-state index in [0.717, 1.165) is 48.3 Å². The molecule has 1 aromatic carbocycles. The summed E-state index contributed by atoms with van der Waals surface area (Å²) in [7, 11) is 0. The molecule has 3 saturated carbocycles. The molecule has 4 aliphatic carbocycles. The molecule has 6 unspecified atom stereocenters. The van der Waals surface area contributed by atoms with E-state index < -0.39 is 22.9 Å². The van der Waals surface area contributed by atoms with E-state index in [1.807, 2.05) is 24.3 Å². The van der Waals surface area contributed by atoms with Gasteiger partial charge in [0.25, 0.3) is 0 Å². The van der Waals surface area contributed by atoms with Gasteiger partial charge in [0.2, 0.25) is 5.91 Å². The maximum absolute atomic E-state index is 13.4. The van der Waals surface area contributed by atoms with Crippen LogP contribution < -0.4 is 10.9 Å². The maximum atomic E-state index is 13.4. The molecule has 238 valence electrons. The zero-order valence-corrected chi connectivity index (χ0v) is 27.0. The highest BCUT2D eigenvalue weighted by Gasteiger charge is 2.69.